The molecule has 0 fully saturated rings. The van der Waals surface area contributed by atoms with Gasteiger partial charge in [0.2, 0.25) is 0 Å². The molecule has 0 saturated carbocycles. The van der Waals surface area contributed by atoms with Gasteiger partial charge in [-0.2, -0.15) is 0 Å². The highest BCUT2D eigenvalue weighted by Crippen LogP contribution is 2.21. The maximum Gasteiger partial charge on any atom is 0.175 e. The number of hydrogen-bond acceptors (Lipinski definition) is 1. The molecule has 0 aliphatic heterocycles. The lowest BCUT2D eigenvalue weighted by atomic mass is 9.99. The van der Waals surface area contributed by atoms with Gasteiger partial charge in [-0.15, -0.1) is 0 Å². The highest BCUT2D eigenvalue weighted by molar-refractivity contribution is 9.10. The molecular weight excluding hydrogens is 344 g/mol. The van der Waals surface area contributed by atoms with Crippen molar-refractivity contribution >= 4 is 44.6 Å². The van der Waals surface area contributed by atoms with E-state index in [2.05, 4.69) is 64.7 Å². The molecule has 21 heavy (non-hydrogen) atoms. The molecule has 0 aliphatic carbocycles. The third-order valence-electron chi connectivity index (χ3n) is 3.43. The predicted octanol–water partition coefficient (Wildman–Crippen LogP) is 5.77. The van der Waals surface area contributed by atoms with Gasteiger partial charge in [-0.3, -0.25) is 0 Å². The lowest BCUT2D eigenvalue weighted by Gasteiger charge is -2.13. The Kier molecular flexibility index (Phi) is 5.76. The Morgan fingerprint density at radius 1 is 1.10 bits per heavy atom. The van der Waals surface area contributed by atoms with Crippen LogP contribution in [0.15, 0.2) is 53.0 Å². The van der Waals surface area contributed by atoms with Crippen LogP contribution in [0.4, 0.5) is 11.4 Å². The van der Waals surface area contributed by atoms with Crippen molar-refractivity contribution in [2.45, 2.75) is 26.2 Å². The zero-order valence-electron chi connectivity index (χ0n) is 12.2. The minimum atomic E-state index is 0.587. The highest BCUT2D eigenvalue weighted by atomic mass is 79.9. The number of halogens is 1. The standard InChI is InChI=1S/C17H19BrN2S/c1-3-12(2)13-7-9-15(10-8-13)19-17(21)20-16-6-4-5-14(18)11-16/h4-12H,3H2,1-2H3,(H2,19,20,21). The summed E-state index contributed by atoms with van der Waals surface area (Å²) in [5.41, 5.74) is 3.31. The van der Waals surface area contributed by atoms with Crippen molar-refractivity contribution in [1.29, 1.82) is 0 Å². The summed E-state index contributed by atoms with van der Waals surface area (Å²) in [4.78, 5) is 0. The second kappa shape index (κ2) is 7.57. The van der Waals surface area contributed by atoms with Crippen molar-refractivity contribution in [3.63, 3.8) is 0 Å². The molecule has 2 nitrogen and oxygen atoms in total. The van der Waals surface area contributed by atoms with E-state index in [1.54, 1.807) is 0 Å². The Labute approximate surface area is 140 Å². The third-order valence-corrected chi connectivity index (χ3v) is 4.13. The van der Waals surface area contributed by atoms with Crippen molar-refractivity contribution in [2.24, 2.45) is 0 Å². The first-order valence-corrected chi connectivity index (χ1v) is 8.22. The quantitative estimate of drug-likeness (QED) is 0.674. The molecule has 2 rings (SSSR count). The molecule has 0 amide bonds. The van der Waals surface area contributed by atoms with Crippen LogP contribution in [0.1, 0.15) is 31.7 Å². The molecule has 0 aromatic heterocycles. The average molecular weight is 363 g/mol. The summed E-state index contributed by atoms with van der Waals surface area (Å²) in [5, 5.41) is 6.96. The molecule has 2 aromatic rings. The van der Waals surface area contributed by atoms with Gasteiger partial charge in [0.15, 0.2) is 5.11 Å². The normalized spacial score (nSPS) is 11.8. The fraction of sp³-hybridized carbons (Fsp3) is 0.235. The molecule has 0 saturated heterocycles. The molecule has 0 heterocycles. The monoisotopic (exact) mass is 362 g/mol. The fourth-order valence-corrected chi connectivity index (χ4v) is 2.63. The third kappa shape index (κ3) is 4.83. The molecule has 0 aliphatic rings. The van der Waals surface area contributed by atoms with Crippen LogP contribution >= 0.6 is 28.1 Å². The van der Waals surface area contributed by atoms with E-state index in [0.29, 0.717) is 11.0 Å². The molecule has 0 radical (unpaired) electrons. The summed E-state index contributed by atoms with van der Waals surface area (Å²) in [6, 6.07) is 16.3. The summed E-state index contributed by atoms with van der Waals surface area (Å²) in [6.45, 7) is 4.44. The fourth-order valence-electron chi connectivity index (χ4n) is 1.99. The van der Waals surface area contributed by atoms with Crippen molar-refractivity contribution in [3.05, 3.63) is 58.6 Å². The van der Waals surface area contributed by atoms with Crippen molar-refractivity contribution < 1.29 is 0 Å². The van der Waals surface area contributed by atoms with Crippen LogP contribution in [-0.4, -0.2) is 5.11 Å². The van der Waals surface area contributed by atoms with Gasteiger partial charge in [-0.05, 0) is 60.5 Å². The van der Waals surface area contributed by atoms with Gasteiger partial charge in [0.1, 0.15) is 0 Å². The van der Waals surface area contributed by atoms with Gasteiger partial charge in [0.25, 0.3) is 0 Å². The zero-order valence-corrected chi connectivity index (χ0v) is 14.6. The van der Waals surface area contributed by atoms with E-state index >= 15 is 0 Å². The lowest BCUT2D eigenvalue weighted by Crippen LogP contribution is -2.18. The van der Waals surface area contributed by atoms with E-state index in [9.17, 15) is 0 Å². The van der Waals surface area contributed by atoms with E-state index in [1.807, 2.05) is 24.3 Å². The number of hydrogen-bond donors (Lipinski definition) is 2. The van der Waals surface area contributed by atoms with Crippen LogP contribution in [0.5, 0.6) is 0 Å². The van der Waals surface area contributed by atoms with Gasteiger partial charge < -0.3 is 10.6 Å². The van der Waals surface area contributed by atoms with Crippen molar-refractivity contribution in [1.82, 2.24) is 0 Å². The second-order valence-corrected chi connectivity index (χ2v) is 6.34. The van der Waals surface area contributed by atoms with Gasteiger partial charge in [0.05, 0.1) is 0 Å². The summed E-state index contributed by atoms with van der Waals surface area (Å²) in [5.74, 6) is 0.589. The molecule has 2 N–H and O–H groups in total. The van der Waals surface area contributed by atoms with Gasteiger partial charge in [-0.25, -0.2) is 0 Å². The Hall–Kier alpha value is -1.39. The van der Waals surface area contributed by atoms with Crippen LogP contribution in [0.25, 0.3) is 0 Å². The summed E-state index contributed by atoms with van der Waals surface area (Å²) in [6.07, 6.45) is 1.15. The Balaban J connectivity index is 1.96. The SMILES string of the molecule is CCC(C)c1ccc(NC(=S)Nc2cccc(Br)c2)cc1. The van der Waals surface area contributed by atoms with E-state index in [1.165, 1.54) is 5.56 Å². The van der Waals surface area contributed by atoms with E-state index in [0.717, 1.165) is 22.3 Å². The summed E-state index contributed by atoms with van der Waals surface area (Å²) < 4.78 is 1.02. The van der Waals surface area contributed by atoms with E-state index in [4.69, 9.17) is 12.2 Å². The largest absolute Gasteiger partial charge is 0.332 e. The zero-order chi connectivity index (χ0) is 15.2. The molecule has 4 heteroatoms. The highest BCUT2D eigenvalue weighted by Gasteiger charge is 2.03. The molecular formula is C17H19BrN2S. The van der Waals surface area contributed by atoms with Crippen LogP contribution in [0.2, 0.25) is 0 Å². The Bertz CT molecular complexity index is 610. The molecule has 110 valence electrons. The predicted molar refractivity (Wildman–Crippen MR) is 99.1 cm³/mol. The van der Waals surface area contributed by atoms with Gasteiger partial charge in [0, 0.05) is 15.8 Å². The Morgan fingerprint density at radius 3 is 2.38 bits per heavy atom. The first kappa shape index (κ1) is 16.0. The maximum absolute atomic E-state index is 5.33. The second-order valence-electron chi connectivity index (χ2n) is 5.02. The summed E-state index contributed by atoms with van der Waals surface area (Å²) in [7, 11) is 0. The molecule has 1 atom stereocenters. The topological polar surface area (TPSA) is 24.1 Å². The van der Waals surface area contributed by atoms with Crippen LogP contribution in [0, 0.1) is 0 Å². The first-order chi connectivity index (χ1) is 10.1. The van der Waals surface area contributed by atoms with Crippen LogP contribution in [-0.2, 0) is 0 Å². The Morgan fingerprint density at radius 2 is 1.76 bits per heavy atom. The number of benzene rings is 2. The minimum Gasteiger partial charge on any atom is -0.332 e. The number of nitrogens with one attached hydrogen (secondary N) is 2. The smallest absolute Gasteiger partial charge is 0.175 e. The molecule has 1 unspecified atom stereocenters. The molecule has 2 aromatic carbocycles. The number of anilines is 2. The molecule has 0 spiro atoms. The van der Waals surface area contributed by atoms with Crippen molar-refractivity contribution in [2.75, 3.05) is 10.6 Å². The minimum absolute atomic E-state index is 0.587. The first-order valence-electron chi connectivity index (χ1n) is 7.02. The maximum atomic E-state index is 5.33. The van der Waals surface area contributed by atoms with E-state index in [-0.39, 0.29) is 0 Å². The summed E-state index contributed by atoms with van der Waals surface area (Å²) >= 11 is 8.77. The average Bonchev–Trinajstić information content (AvgIpc) is 2.47. The number of rotatable bonds is 4. The number of thiocarbonyl (C=S) groups is 1. The lowest BCUT2D eigenvalue weighted by molar-refractivity contribution is 0.734. The van der Waals surface area contributed by atoms with Crippen molar-refractivity contribution in [3.8, 4) is 0 Å². The van der Waals surface area contributed by atoms with Gasteiger partial charge >= 0.3 is 0 Å². The van der Waals surface area contributed by atoms with Crippen LogP contribution < -0.4 is 10.6 Å². The van der Waals surface area contributed by atoms with E-state index < -0.39 is 0 Å². The molecule has 0 bridgehead atoms. The van der Waals surface area contributed by atoms with Crippen LogP contribution in [0.3, 0.4) is 0 Å². The van der Waals surface area contributed by atoms with Gasteiger partial charge in [-0.1, -0.05) is 48.0 Å².